The fourth-order valence-electron chi connectivity index (χ4n) is 0.0962. The van der Waals surface area contributed by atoms with Gasteiger partial charge in [0, 0.05) is 19.5 Å². The largest absolute Gasteiger partial charge is 0.373 e. The minimum absolute atomic E-state index is 0. The van der Waals surface area contributed by atoms with Crippen LogP contribution in [0.2, 0.25) is 0 Å². The van der Waals surface area contributed by atoms with Gasteiger partial charge in [0.05, 0.1) is 12.7 Å². The normalized spacial score (nSPS) is 31.8. The molecule has 0 amide bonds. The van der Waals surface area contributed by atoms with E-state index in [0.29, 0.717) is 6.10 Å². The van der Waals surface area contributed by atoms with Crippen LogP contribution in [0.4, 0.5) is 0 Å². The maximum atomic E-state index is 4.71. The summed E-state index contributed by atoms with van der Waals surface area (Å²) < 4.78 is 4.71. The van der Waals surface area contributed by atoms with Crippen molar-refractivity contribution in [3.05, 3.63) is 0 Å². The van der Waals surface area contributed by atoms with Crippen molar-refractivity contribution in [1.82, 2.24) is 0 Å². The predicted molar refractivity (Wildman–Crippen MR) is 15.4 cm³/mol. The smallest absolute Gasteiger partial charge is 0.0781 e. The van der Waals surface area contributed by atoms with Gasteiger partial charge in [0.1, 0.15) is 0 Å². The van der Waals surface area contributed by atoms with Gasteiger partial charge in [-0.15, -0.1) is 0 Å². The first-order chi connectivity index (χ1) is 1.89. The van der Waals surface area contributed by atoms with Gasteiger partial charge in [-0.3, -0.25) is 0 Å². The van der Waals surface area contributed by atoms with Crippen LogP contribution in [0.5, 0.6) is 0 Å². The van der Waals surface area contributed by atoms with Crippen LogP contribution < -0.4 is 0 Å². The molecule has 1 heterocycles. The summed E-state index contributed by atoms with van der Waals surface area (Å²) in [5, 5.41) is 0. The van der Waals surface area contributed by atoms with E-state index in [1.807, 2.05) is 0 Å². The van der Waals surface area contributed by atoms with E-state index in [1.165, 1.54) is 0 Å². The summed E-state index contributed by atoms with van der Waals surface area (Å²) in [5.74, 6) is 0. The Balaban J connectivity index is 0.000000160. The van der Waals surface area contributed by atoms with Gasteiger partial charge in [0.25, 0.3) is 0 Å². The second kappa shape index (κ2) is 1.89. The Morgan fingerprint density at radius 3 is 2.00 bits per heavy atom. The van der Waals surface area contributed by atoms with E-state index >= 15 is 0 Å². The molecule has 0 aromatic heterocycles. The Labute approximate surface area is 44.5 Å². The average molecular weight is 123 g/mol. The minimum atomic E-state index is 0. The Hall–Kier alpha value is 0.583. The molecule has 1 aliphatic heterocycles. The van der Waals surface area contributed by atoms with Crippen LogP contribution in [0.1, 0.15) is 6.92 Å². The summed E-state index contributed by atoms with van der Waals surface area (Å²) in [6.07, 6.45) is 0.583. The number of hydrogen-bond acceptors (Lipinski definition) is 1. The molecule has 0 aromatic carbocycles. The van der Waals surface area contributed by atoms with Crippen LogP contribution in [-0.2, 0) is 24.2 Å². The fraction of sp³-hybridized carbons (Fsp3) is 1.00. The first-order valence-corrected chi connectivity index (χ1v) is 1.51. The summed E-state index contributed by atoms with van der Waals surface area (Å²) in [6.45, 7) is 3.04. The standard InChI is InChI=1S/C3H6O.Zn/c1-3-2-4-3;/h3H,2H2,1H3;. The second-order valence-corrected chi connectivity index (χ2v) is 1.14. The number of epoxide rings is 1. The van der Waals surface area contributed by atoms with Crippen LogP contribution in [-0.4, -0.2) is 12.7 Å². The molecule has 0 bridgehead atoms. The molecule has 2 heteroatoms. The predicted octanol–water partition coefficient (Wildman–Crippen LogP) is 0.403. The molecule has 0 spiro atoms. The van der Waals surface area contributed by atoms with E-state index in [4.69, 9.17) is 4.74 Å². The Bertz CT molecular complexity index is 26.1. The van der Waals surface area contributed by atoms with E-state index in [9.17, 15) is 0 Å². The Morgan fingerprint density at radius 1 is 1.80 bits per heavy atom. The summed E-state index contributed by atoms with van der Waals surface area (Å²) in [5.41, 5.74) is 0. The molecular formula is C3H6OZn. The topological polar surface area (TPSA) is 12.5 Å². The van der Waals surface area contributed by atoms with Crippen molar-refractivity contribution in [3.63, 3.8) is 0 Å². The molecule has 0 aliphatic carbocycles. The zero-order chi connectivity index (χ0) is 2.99. The molecular weight excluding hydrogens is 117 g/mol. The van der Waals surface area contributed by atoms with Gasteiger partial charge in [0.2, 0.25) is 0 Å². The third-order valence-electron chi connectivity index (χ3n) is 0.500. The van der Waals surface area contributed by atoms with Crippen molar-refractivity contribution in [2.75, 3.05) is 6.61 Å². The maximum absolute atomic E-state index is 4.71. The van der Waals surface area contributed by atoms with E-state index in [-0.39, 0.29) is 19.5 Å². The number of ether oxygens (including phenoxy) is 1. The van der Waals surface area contributed by atoms with Gasteiger partial charge in [-0.2, -0.15) is 0 Å². The molecule has 1 fully saturated rings. The fourth-order valence-corrected chi connectivity index (χ4v) is 0.0962. The number of hydrogen-bond donors (Lipinski definition) is 0. The number of rotatable bonds is 0. The molecule has 1 unspecified atom stereocenters. The van der Waals surface area contributed by atoms with Gasteiger partial charge < -0.3 is 4.74 Å². The van der Waals surface area contributed by atoms with Gasteiger partial charge in [-0.25, -0.2) is 0 Å². The molecule has 1 atom stereocenters. The molecule has 0 N–H and O–H groups in total. The molecule has 1 saturated heterocycles. The Morgan fingerprint density at radius 2 is 2.00 bits per heavy atom. The monoisotopic (exact) mass is 122 g/mol. The molecule has 0 saturated carbocycles. The van der Waals surface area contributed by atoms with Gasteiger partial charge >= 0.3 is 0 Å². The Kier molecular flexibility index (Phi) is 2.11. The van der Waals surface area contributed by atoms with Gasteiger partial charge in [0.15, 0.2) is 0 Å². The van der Waals surface area contributed by atoms with Crippen LogP contribution in [0.15, 0.2) is 0 Å². The third-order valence-corrected chi connectivity index (χ3v) is 0.500. The summed E-state index contributed by atoms with van der Waals surface area (Å²) >= 11 is 0. The third kappa shape index (κ3) is 2.38. The van der Waals surface area contributed by atoms with Crippen molar-refractivity contribution in [2.24, 2.45) is 0 Å². The zero-order valence-electron chi connectivity index (χ0n) is 3.40. The molecule has 1 rings (SSSR count). The van der Waals surface area contributed by atoms with Crippen LogP contribution >= 0.6 is 0 Å². The van der Waals surface area contributed by atoms with E-state index < -0.39 is 0 Å². The van der Waals surface area contributed by atoms with Crippen molar-refractivity contribution in [3.8, 4) is 0 Å². The first-order valence-electron chi connectivity index (χ1n) is 1.51. The molecule has 26 valence electrons. The van der Waals surface area contributed by atoms with Crippen molar-refractivity contribution < 1.29 is 24.2 Å². The maximum Gasteiger partial charge on any atom is 0.0781 e. The quantitative estimate of drug-likeness (QED) is 0.336. The first kappa shape index (κ1) is 5.58. The average Bonchev–Trinajstić information content (AvgIpc) is 1.75. The van der Waals surface area contributed by atoms with E-state index in [2.05, 4.69) is 6.92 Å². The molecule has 0 aromatic rings. The van der Waals surface area contributed by atoms with Gasteiger partial charge in [-0.05, 0) is 6.92 Å². The summed E-state index contributed by atoms with van der Waals surface area (Å²) in [6, 6.07) is 0. The zero-order valence-corrected chi connectivity index (χ0v) is 6.37. The van der Waals surface area contributed by atoms with Crippen molar-refractivity contribution >= 4 is 0 Å². The minimum Gasteiger partial charge on any atom is -0.373 e. The molecule has 1 nitrogen and oxygen atoms in total. The van der Waals surface area contributed by atoms with E-state index in [1.54, 1.807) is 0 Å². The molecule has 0 radical (unpaired) electrons. The van der Waals surface area contributed by atoms with Crippen LogP contribution in [0, 0.1) is 0 Å². The molecule has 5 heavy (non-hydrogen) atoms. The van der Waals surface area contributed by atoms with E-state index in [0.717, 1.165) is 6.61 Å². The van der Waals surface area contributed by atoms with Gasteiger partial charge in [-0.1, -0.05) is 0 Å². The summed E-state index contributed by atoms with van der Waals surface area (Å²) in [7, 11) is 0. The summed E-state index contributed by atoms with van der Waals surface area (Å²) in [4.78, 5) is 0. The SMILES string of the molecule is CC1CO1.[Zn]. The molecule has 1 aliphatic rings. The second-order valence-electron chi connectivity index (χ2n) is 1.14. The van der Waals surface area contributed by atoms with Crippen LogP contribution in [0.25, 0.3) is 0 Å². The van der Waals surface area contributed by atoms with Crippen LogP contribution in [0.3, 0.4) is 0 Å². The van der Waals surface area contributed by atoms with Crippen molar-refractivity contribution in [2.45, 2.75) is 13.0 Å². The van der Waals surface area contributed by atoms with Crippen molar-refractivity contribution in [1.29, 1.82) is 0 Å².